The molecule has 0 spiro atoms. The van der Waals surface area contributed by atoms with Gasteiger partial charge in [-0.2, -0.15) is 4.98 Å². The molecule has 0 bridgehead atoms. The van der Waals surface area contributed by atoms with Gasteiger partial charge < -0.3 is 4.74 Å². The summed E-state index contributed by atoms with van der Waals surface area (Å²) in [4.78, 5) is 19.7. The highest BCUT2D eigenvalue weighted by Gasteiger charge is 2.25. The van der Waals surface area contributed by atoms with E-state index in [4.69, 9.17) is 16.3 Å². The lowest BCUT2D eigenvalue weighted by molar-refractivity contribution is -0.389. The van der Waals surface area contributed by atoms with Gasteiger partial charge in [0.25, 0.3) is 0 Å². The molecule has 3 aromatic rings. The number of rotatable bonds is 5. The van der Waals surface area contributed by atoms with Crippen molar-refractivity contribution in [3.05, 3.63) is 74.5 Å². The lowest BCUT2D eigenvalue weighted by Gasteiger charge is -2.07. The topological polar surface area (TPSA) is 78.2 Å². The third kappa shape index (κ3) is 4.47. The molecule has 0 saturated carbocycles. The Bertz CT molecular complexity index is 842. The number of ether oxygens (including phenoxy) is 1. The fourth-order valence-electron chi connectivity index (χ4n) is 1.88. The van der Waals surface area contributed by atoms with E-state index in [-0.39, 0.29) is 16.6 Å². The molecule has 0 saturated heterocycles. The molecule has 0 amide bonds. The van der Waals surface area contributed by atoms with Crippen LogP contribution in [0.3, 0.4) is 0 Å². The van der Waals surface area contributed by atoms with Gasteiger partial charge in [0.05, 0.1) is 4.92 Å². The van der Waals surface area contributed by atoms with Crippen molar-refractivity contribution in [3.8, 4) is 11.6 Å². The standard InChI is InChI=1S/C16H9BrClN3O3S/c17-10-1-5-12(6-2-10)24-15-14(21(22)23)16(20-9-19-15)25-13-7-3-11(18)4-8-13/h1-9H. The van der Waals surface area contributed by atoms with Crippen molar-refractivity contribution in [2.24, 2.45) is 0 Å². The van der Waals surface area contributed by atoms with Gasteiger partial charge in [-0.25, -0.2) is 4.98 Å². The molecule has 0 aliphatic rings. The van der Waals surface area contributed by atoms with Crippen LogP contribution in [0.4, 0.5) is 5.69 Å². The van der Waals surface area contributed by atoms with Crippen LogP contribution in [0.15, 0.2) is 69.3 Å². The Labute approximate surface area is 160 Å². The SMILES string of the molecule is O=[N+]([O-])c1c(Oc2ccc(Br)cc2)ncnc1Sc1ccc(Cl)cc1. The van der Waals surface area contributed by atoms with Gasteiger partial charge in [-0.3, -0.25) is 10.1 Å². The predicted molar refractivity (Wildman–Crippen MR) is 98.5 cm³/mol. The molecule has 25 heavy (non-hydrogen) atoms. The van der Waals surface area contributed by atoms with Crippen LogP contribution >= 0.6 is 39.3 Å². The normalized spacial score (nSPS) is 10.5. The van der Waals surface area contributed by atoms with Crippen molar-refractivity contribution in [2.75, 3.05) is 0 Å². The van der Waals surface area contributed by atoms with E-state index in [9.17, 15) is 10.1 Å². The number of hydrogen-bond acceptors (Lipinski definition) is 6. The summed E-state index contributed by atoms with van der Waals surface area (Å²) in [6.45, 7) is 0. The first-order valence-corrected chi connectivity index (χ1v) is 8.88. The highest BCUT2D eigenvalue weighted by Crippen LogP contribution is 2.39. The minimum absolute atomic E-state index is 0.112. The summed E-state index contributed by atoms with van der Waals surface area (Å²) < 4.78 is 6.45. The fourth-order valence-corrected chi connectivity index (χ4v) is 3.13. The van der Waals surface area contributed by atoms with Gasteiger partial charge in [-0.15, -0.1) is 0 Å². The molecule has 126 valence electrons. The number of nitrogens with zero attached hydrogens (tertiary/aromatic N) is 3. The second kappa shape index (κ2) is 7.81. The maximum Gasteiger partial charge on any atom is 0.363 e. The summed E-state index contributed by atoms with van der Waals surface area (Å²) >= 11 is 10.3. The molecule has 0 N–H and O–H groups in total. The zero-order chi connectivity index (χ0) is 17.8. The van der Waals surface area contributed by atoms with Crippen LogP contribution in [0, 0.1) is 10.1 Å². The summed E-state index contributed by atoms with van der Waals surface area (Å²) in [6, 6.07) is 13.8. The van der Waals surface area contributed by atoms with E-state index in [0.29, 0.717) is 10.8 Å². The summed E-state index contributed by atoms with van der Waals surface area (Å²) in [5.41, 5.74) is -0.287. The zero-order valence-electron chi connectivity index (χ0n) is 12.4. The first kappa shape index (κ1) is 17.7. The first-order chi connectivity index (χ1) is 12.0. The molecular formula is C16H9BrClN3O3S. The average molecular weight is 439 g/mol. The number of halogens is 2. The van der Waals surface area contributed by atoms with E-state index in [1.807, 2.05) is 0 Å². The van der Waals surface area contributed by atoms with Gasteiger partial charge in [-0.1, -0.05) is 39.3 Å². The van der Waals surface area contributed by atoms with Crippen molar-refractivity contribution in [1.82, 2.24) is 9.97 Å². The third-order valence-electron chi connectivity index (χ3n) is 2.99. The van der Waals surface area contributed by atoms with Gasteiger partial charge in [0.1, 0.15) is 12.1 Å². The molecule has 2 aromatic carbocycles. The van der Waals surface area contributed by atoms with Crippen LogP contribution in [0.25, 0.3) is 0 Å². The van der Waals surface area contributed by atoms with Crippen LogP contribution in [0.1, 0.15) is 0 Å². The summed E-state index contributed by atoms with van der Waals surface area (Å²) in [7, 11) is 0. The number of hydrogen-bond donors (Lipinski definition) is 0. The Morgan fingerprint density at radius 3 is 2.40 bits per heavy atom. The minimum atomic E-state index is -0.549. The molecule has 3 rings (SSSR count). The van der Waals surface area contributed by atoms with E-state index in [1.165, 1.54) is 6.33 Å². The molecule has 0 fully saturated rings. The highest BCUT2D eigenvalue weighted by molar-refractivity contribution is 9.10. The second-order valence-electron chi connectivity index (χ2n) is 4.70. The Kier molecular flexibility index (Phi) is 5.52. The minimum Gasteiger partial charge on any atom is -0.434 e. The Balaban J connectivity index is 1.94. The maximum atomic E-state index is 11.5. The molecule has 0 unspecified atom stereocenters. The quantitative estimate of drug-likeness (QED) is 0.287. The zero-order valence-corrected chi connectivity index (χ0v) is 15.6. The van der Waals surface area contributed by atoms with Crippen LogP contribution in [-0.4, -0.2) is 14.9 Å². The predicted octanol–water partition coefficient (Wildman–Crippen LogP) is 5.74. The smallest absolute Gasteiger partial charge is 0.363 e. The number of aromatic nitrogens is 2. The third-order valence-corrected chi connectivity index (χ3v) is 4.77. The summed E-state index contributed by atoms with van der Waals surface area (Å²) in [6.07, 6.45) is 1.24. The Morgan fingerprint density at radius 2 is 1.76 bits per heavy atom. The van der Waals surface area contributed by atoms with E-state index in [2.05, 4.69) is 25.9 Å². The molecule has 1 heterocycles. The second-order valence-corrected chi connectivity index (χ2v) is 7.12. The average Bonchev–Trinajstić information content (AvgIpc) is 2.59. The molecule has 0 radical (unpaired) electrons. The number of nitro groups is 1. The van der Waals surface area contributed by atoms with Crippen LogP contribution in [0.5, 0.6) is 11.6 Å². The molecule has 9 heteroatoms. The van der Waals surface area contributed by atoms with Crippen LogP contribution < -0.4 is 4.74 Å². The van der Waals surface area contributed by atoms with Crippen molar-refractivity contribution in [3.63, 3.8) is 0 Å². The van der Waals surface area contributed by atoms with Crippen molar-refractivity contribution < 1.29 is 9.66 Å². The van der Waals surface area contributed by atoms with Gasteiger partial charge in [0, 0.05) is 14.4 Å². The van der Waals surface area contributed by atoms with Crippen molar-refractivity contribution in [1.29, 1.82) is 0 Å². The van der Waals surface area contributed by atoms with Crippen LogP contribution in [-0.2, 0) is 0 Å². The van der Waals surface area contributed by atoms with E-state index in [1.54, 1.807) is 48.5 Å². The fraction of sp³-hybridized carbons (Fsp3) is 0. The molecule has 0 aliphatic heterocycles. The molecular weight excluding hydrogens is 430 g/mol. The summed E-state index contributed by atoms with van der Waals surface area (Å²) in [5, 5.41) is 12.3. The van der Waals surface area contributed by atoms with E-state index >= 15 is 0 Å². The van der Waals surface area contributed by atoms with Crippen LogP contribution in [0.2, 0.25) is 5.02 Å². The Hall–Kier alpha value is -2.16. The van der Waals surface area contributed by atoms with Gasteiger partial charge in [0.15, 0.2) is 5.03 Å². The van der Waals surface area contributed by atoms with Crippen molar-refractivity contribution >= 4 is 45.0 Å². The highest BCUT2D eigenvalue weighted by atomic mass is 79.9. The molecule has 0 atom stereocenters. The number of benzene rings is 2. The molecule has 0 aliphatic carbocycles. The molecule has 6 nitrogen and oxygen atoms in total. The van der Waals surface area contributed by atoms with Crippen molar-refractivity contribution in [2.45, 2.75) is 9.92 Å². The maximum absolute atomic E-state index is 11.5. The lowest BCUT2D eigenvalue weighted by atomic mass is 10.3. The largest absolute Gasteiger partial charge is 0.434 e. The van der Waals surface area contributed by atoms with Gasteiger partial charge in [0.2, 0.25) is 0 Å². The van der Waals surface area contributed by atoms with Gasteiger partial charge in [-0.05, 0) is 48.5 Å². The van der Waals surface area contributed by atoms with Gasteiger partial charge >= 0.3 is 11.6 Å². The van der Waals surface area contributed by atoms with E-state index in [0.717, 1.165) is 21.1 Å². The van der Waals surface area contributed by atoms with E-state index < -0.39 is 4.92 Å². The monoisotopic (exact) mass is 437 g/mol. The summed E-state index contributed by atoms with van der Waals surface area (Å²) in [5.74, 6) is 0.325. The Morgan fingerprint density at radius 1 is 1.08 bits per heavy atom. The molecule has 1 aromatic heterocycles. The lowest BCUT2D eigenvalue weighted by Crippen LogP contribution is -2.00. The first-order valence-electron chi connectivity index (χ1n) is 6.89.